The minimum Gasteiger partial charge on any atom is -0.380 e. The third kappa shape index (κ3) is 3.58. The zero-order valence-electron chi connectivity index (χ0n) is 9.88. The second kappa shape index (κ2) is 6.41. The molecule has 2 heteroatoms. The van der Waals surface area contributed by atoms with Crippen LogP contribution in [0, 0.1) is 0 Å². The first-order valence-corrected chi connectivity index (χ1v) is 6.06. The fourth-order valence-corrected chi connectivity index (χ4v) is 2.36. The smallest absolute Gasteiger partial charge is 0.0724 e. The molecule has 3 atom stereocenters. The van der Waals surface area contributed by atoms with Crippen LogP contribution >= 0.6 is 0 Å². The second-order valence-corrected chi connectivity index (χ2v) is 4.52. The first kappa shape index (κ1) is 12.0. The average Bonchev–Trinajstić information content (AvgIpc) is 2.62. The van der Waals surface area contributed by atoms with Gasteiger partial charge in [0.15, 0.2) is 0 Å². The van der Waals surface area contributed by atoms with Gasteiger partial charge in [0.25, 0.3) is 0 Å². The highest BCUT2D eigenvalue weighted by atomic mass is 16.5. The Kier molecular flexibility index (Phi) is 5.49. The van der Waals surface area contributed by atoms with Crippen LogP contribution in [-0.2, 0) is 4.74 Å². The van der Waals surface area contributed by atoms with Crippen molar-refractivity contribution in [1.82, 2.24) is 5.32 Å². The molecule has 0 aromatic rings. The van der Waals surface area contributed by atoms with Crippen molar-refractivity contribution < 1.29 is 4.74 Å². The molecule has 0 radical (unpaired) electrons. The maximum atomic E-state index is 5.47. The first-order chi connectivity index (χ1) is 6.77. The van der Waals surface area contributed by atoms with Crippen LogP contribution in [0.25, 0.3) is 0 Å². The van der Waals surface area contributed by atoms with Crippen molar-refractivity contribution >= 4 is 0 Å². The maximum Gasteiger partial charge on any atom is 0.0724 e. The van der Waals surface area contributed by atoms with Crippen LogP contribution in [0.15, 0.2) is 0 Å². The normalized spacial score (nSPS) is 29.4. The molecule has 0 aromatic heterocycles. The SMILES string of the molecule is CCCCC(C)NC1CCCC1OC. The third-order valence-corrected chi connectivity index (χ3v) is 3.24. The van der Waals surface area contributed by atoms with Gasteiger partial charge in [0.2, 0.25) is 0 Å². The van der Waals surface area contributed by atoms with Gasteiger partial charge in [-0.1, -0.05) is 19.8 Å². The van der Waals surface area contributed by atoms with Crippen molar-refractivity contribution in [1.29, 1.82) is 0 Å². The van der Waals surface area contributed by atoms with Gasteiger partial charge in [-0.15, -0.1) is 0 Å². The number of methoxy groups -OCH3 is 1. The summed E-state index contributed by atoms with van der Waals surface area (Å²) in [5.74, 6) is 0. The van der Waals surface area contributed by atoms with Crippen LogP contribution < -0.4 is 5.32 Å². The minimum atomic E-state index is 0.457. The van der Waals surface area contributed by atoms with E-state index in [-0.39, 0.29) is 0 Å². The summed E-state index contributed by atoms with van der Waals surface area (Å²) in [5.41, 5.74) is 0. The lowest BCUT2D eigenvalue weighted by Gasteiger charge is -2.24. The molecule has 14 heavy (non-hydrogen) atoms. The van der Waals surface area contributed by atoms with Crippen LogP contribution in [-0.4, -0.2) is 25.3 Å². The molecule has 1 N–H and O–H groups in total. The van der Waals surface area contributed by atoms with E-state index < -0.39 is 0 Å². The molecule has 1 saturated carbocycles. The predicted octanol–water partition coefficient (Wildman–Crippen LogP) is 2.72. The van der Waals surface area contributed by atoms with E-state index in [0.717, 1.165) is 0 Å². The molecule has 2 nitrogen and oxygen atoms in total. The largest absolute Gasteiger partial charge is 0.380 e. The highest BCUT2D eigenvalue weighted by Crippen LogP contribution is 2.22. The summed E-state index contributed by atoms with van der Waals surface area (Å²) in [4.78, 5) is 0. The Morgan fingerprint density at radius 1 is 1.43 bits per heavy atom. The quantitative estimate of drug-likeness (QED) is 0.710. The maximum absolute atomic E-state index is 5.47. The fourth-order valence-electron chi connectivity index (χ4n) is 2.36. The number of rotatable bonds is 6. The van der Waals surface area contributed by atoms with E-state index in [4.69, 9.17) is 4.74 Å². The molecule has 0 aromatic carbocycles. The summed E-state index contributed by atoms with van der Waals surface area (Å²) in [7, 11) is 1.83. The molecule has 0 aliphatic heterocycles. The molecule has 1 fully saturated rings. The lowest BCUT2D eigenvalue weighted by Crippen LogP contribution is -2.41. The monoisotopic (exact) mass is 199 g/mol. The molecule has 0 amide bonds. The van der Waals surface area contributed by atoms with Gasteiger partial charge < -0.3 is 10.1 Å². The van der Waals surface area contributed by atoms with E-state index in [2.05, 4.69) is 19.2 Å². The molecule has 1 rings (SSSR count). The Morgan fingerprint density at radius 2 is 2.21 bits per heavy atom. The molecule has 0 spiro atoms. The topological polar surface area (TPSA) is 21.3 Å². The number of hydrogen-bond donors (Lipinski definition) is 1. The van der Waals surface area contributed by atoms with Crippen LogP contribution in [0.5, 0.6) is 0 Å². The summed E-state index contributed by atoms with van der Waals surface area (Å²) in [5, 5.41) is 3.69. The Hall–Kier alpha value is -0.0800. The lowest BCUT2D eigenvalue weighted by molar-refractivity contribution is 0.0815. The van der Waals surface area contributed by atoms with E-state index >= 15 is 0 Å². The summed E-state index contributed by atoms with van der Waals surface area (Å²) >= 11 is 0. The van der Waals surface area contributed by atoms with Crippen molar-refractivity contribution in [3.63, 3.8) is 0 Å². The average molecular weight is 199 g/mol. The van der Waals surface area contributed by atoms with E-state index in [1.165, 1.54) is 38.5 Å². The number of unbranched alkanes of at least 4 members (excludes halogenated alkanes) is 1. The standard InChI is InChI=1S/C12H25NO/c1-4-5-7-10(2)13-11-8-6-9-12(11)14-3/h10-13H,4-9H2,1-3H3. The molecule has 3 unspecified atom stereocenters. The van der Waals surface area contributed by atoms with Gasteiger partial charge in [0, 0.05) is 19.2 Å². The fraction of sp³-hybridized carbons (Fsp3) is 1.00. The summed E-state index contributed by atoms with van der Waals surface area (Å²) in [6.45, 7) is 4.54. The number of ether oxygens (including phenoxy) is 1. The lowest BCUT2D eigenvalue weighted by atomic mass is 10.1. The Bertz CT molecular complexity index is 149. The van der Waals surface area contributed by atoms with Crippen molar-refractivity contribution in [2.45, 2.75) is 70.6 Å². The highest BCUT2D eigenvalue weighted by Gasteiger charge is 2.27. The molecule has 1 aliphatic rings. The third-order valence-electron chi connectivity index (χ3n) is 3.24. The summed E-state index contributed by atoms with van der Waals surface area (Å²) < 4.78 is 5.47. The molecule has 1 aliphatic carbocycles. The first-order valence-electron chi connectivity index (χ1n) is 6.06. The Labute approximate surface area is 88.4 Å². The molecule has 84 valence electrons. The summed E-state index contributed by atoms with van der Waals surface area (Å²) in [6, 6.07) is 1.25. The Morgan fingerprint density at radius 3 is 2.86 bits per heavy atom. The van der Waals surface area contributed by atoms with Crippen molar-refractivity contribution in [2.24, 2.45) is 0 Å². The molecule has 0 saturated heterocycles. The number of hydrogen-bond acceptors (Lipinski definition) is 2. The van der Waals surface area contributed by atoms with Crippen LogP contribution in [0.3, 0.4) is 0 Å². The van der Waals surface area contributed by atoms with Crippen LogP contribution in [0.1, 0.15) is 52.4 Å². The predicted molar refractivity (Wildman–Crippen MR) is 60.6 cm³/mol. The van der Waals surface area contributed by atoms with Gasteiger partial charge in [0.1, 0.15) is 0 Å². The highest BCUT2D eigenvalue weighted by molar-refractivity contribution is 4.85. The van der Waals surface area contributed by atoms with E-state index in [9.17, 15) is 0 Å². The van der Waals surface area contributed by atoms with Crippen LogP contribution in [0.4, 0.5) is 0 Å². The van der Waals surface area contributed by atoms with Gasteiger partial charge in [0.05, 0.1) is 6.10 Å². The molecule has 0 bridgehead atoms. The minimum absolute atomic E-state index is 0.457. The van der Waals surface area contributed by atoms with Gasteiger partial charge in [-0.25, -0.2) is 0 Å². The zero-order chi connectivity index (χ0) is 10.4. The second-order valence-electron chi connectivity index (χ2n) is 4.52. The van der Waals surface area contributed by atoms with Crippen molar-refractivity contribution in [3.05, 3.63) is 0 Å². The van der Waals surface area contributed by atoms with E-state index in [1.54, 1.807) is 0 Å². The Balaban J connectivity index is 2.21. The number of nitrogens with one attached hydrogen (secondary N) is 1. The van der Waals surface area contributed by atoms with Gasteiger partial charge in [-0.05, 0) is 32.6 Å². The molecular weight excluding hydrogens is 174 g/mol. The zero-order valence-corrected chi connectivity index (χ0v) is 9.88. The molecule has 0 heterocycles. The van der Waals surface area contributed by atoms with Crippen molar-refractivity contribution in [3.8, 4) is 0 Å². The van der Waals surface area contributed by atoms with Gasteiger partial charge in [-0.2, -0.15) is 0 Å². The van der Waals surface area contributed by atoms with Gasteiger partial charge in [-0.3, -0.25) is 0 Å². The van der Waals surface area contributed by atoms with Crippen LogP contribution in [0.2, 0.25) is 0 Å². The summed E-state index contributed by atoms with van der Waals surface area (Å²) in [6.07, 6.45) is 8.21. The van der Waals surface area contributed by atoms with Crippen molar-refractivity contribution in [2.75, 3.05) is 7.11 Å². The van der Waals surface area contributed by atoms with E-state index in [0.29, 0.717) is 18.2 Å². The molecular formula is C12H25NO. The van der Waals surface area contributed by atoms with E-state index in [1.807, 2.05) is 7.11 Å². The van der Waals surface area contributed by atoms with Gasteiger partial charge >= 0.3 is 0 Å².